The van der Waals surface area contributed by atoms with Crippen LogP contribution in [0.3, 0.4) is 0 Å². The smallest absolute Gasteiger partial charge is 0.222 e. The lowest BCUT2D eigenvalue weighted by Crippen LogP contribution is -2.42. The second kappa shape index (κ2) is 7.23. The van der Waals surface area contributed by atoms with Gasteiger partial charge in [0.2, 0.25) is 5.91 Å². The molecule has 0 radical (unpaired) electrons. The quantitative estimate of drug-likeness (QED) is 0.854. The number of thioether (sulfide) groups is 1. The number of ether oxygens (including phenoxy) is 2. The van der Waals surface area contributed by atoms with Crippen molar-refractivity contribution >= 4 is 17.7 Å². The number of amides is 1. The lowest BCUT2D eigenvalue weighted by molar-refractivity contribution is -0.122. The van der Waals surface area contributed by atoms with Gasteiger partial charge >= 0.3 is 0 Å². The fraction of sp³-hybridized carbons (Fsp3) is 0.611. The van der Waals surface area contributed by atoms with Crippen molar-refractivity contribution in [2.75, 3.05) is 31.3 Å². The average Bonchev–Trinajstić information content (AvgIpc) is 3.45. The van der Waals surface area contributed by atoms with Gasteiger partial charge in [0.05, 0.1) is 6.04 Å². The zero-order chi connectivity index (χ0) is 16.4. The predicted octanol–water partition coefficient (Wildman–Crippen LogP) is 2.12. The zero-order valence-electron chi connectivity index (χ0n) is 13.8. The van der Waals surface area contributed by atoms with E-state index in [0.717, 1.165) is 35.1 Å². The van der Waals surface area contributed by atoms with Gasteiger partial charge in [-0.15, -0.1) is 0 Å². The molecular weight excluding hydrogens is 324 g/mol. The standard InChI is InChI=1S/C18H24N2O3S/c21-17(10-14-11-24-8-5-19-14)20-18(12-1-2-12)13-3-4-15-16(9-13)23-7-6-22-15/h3-4,9,12,14,18-19H,1-2,5-8,10-11H2,(H,20,21). The highest BCUT2D eigenvalue weighted by Crippen LogP contribution is 2.43. The van der Waals surface area contributed by atoms with Crippen molar-refractivity contribution in [1.29, 1.82) is 0 Å². The van der Waals surface area contributed by atoms with Crippen molar-refractivity contribution in [3.63, 3.8) is 0 Å². The van der Waals surface area contributed by atoms with Crippen molar-refractivity contribution < 1.29 is 14.3 Å². The summed E-state index contributed by atoms with van der Waals surface area (Å²) in [6.07, 6.45) is 2.91. The van der Waals surface area contributed by atoms with E-state index in [1.165, 1.54) is 12.8 Å². The van der Waals surface area contributed by atoms with Gasteiger partial charge in [0, 0.05) is 30.5 Å². The van der Waals surface area contributed by atoms with Crippen LogP contribution in [-0.4, -0.2) is 43.2 Å². The minimum atomic E-state index is 0.0876. The maximum atomic E-state index is 12.5. The van der Waals surface area contributed by atoms with Gasteiger partial charge in [0.25, 0.3) is 0 Å². The molecule has 0 spiro atoms. The Morgan fingerprint density at radius 3 is 2.88 bits per heavy atom. The lowest BCUT2D eigenvalue weighted by Gasteiger charge is -2.25. The Morgan fingerprint density at radius 1 is 1.29 bits per heavy atom. The number of nitrogens with one attached hydrogen (secondary N) is 2. The first-order valence-corrected chi connectivity index (χ1v) is 9.95. The zero-order valence-corrected chi connectivity index (χ0v) is 14.6. The molecule has 2 unspecified atom stereocenters. The Labute approximate surface area is 146 Å². The summed E-state index contributed by atoms with van der Waals surface area (Å²) in [7, 11) is 0. The Bertz CT molecular complexity index is 600. The number of hydrogen-bond acceptors (Lipinski definition) is 5. The van der Waals surface area contributed by atoms with Gasteiger partial charge in [-0.2, -0.15) is 11.8 Å². The SMILES string of the molecule is O=C(CC1CSCCN1)NC(c1ccc2c(c1)OCCO2)C1CC1. The van der Waals surface area contributed by atoms with E-state index < -0.39 is 0 Å². The fourth-order valence-electron chi connectivity index (χ4n) is 3.36. The van der Waals surface area contributed by atoms with Crippen LogP contribution in [0.15, 0.2) is 18.2 Å². The van der Waals surface area contributed by atoms with E-state index in [1.54, 1.807) is 0 Å². The molecule has 6 heteroatoms. The third-order valence-electron chi connectivity index (χ3n) is 4.77. The predicted molar refractivity (Wildman–Crippen MR) is 94.8 cm³/mol. The largest absolute Gasteiger partial charge is 0.486 e. The van der Waals surface area contributed by atoms with Gasteiger partial charge < -0.3 is 20.1 Å². The van der Waals surface area contributed by atoms with E-state index in [2.05, 4.69) is 16.7 Å². The average molecular weight is 348 g/mol. The number of hydrogen-bond donors (Lipinski definition) is 2. The van der Waals surface area contributed by atoms with Gasteiger partial charge in [-0.1, -0.05) is 6.07 Å². The van der Waals surface area contributed by atoms with Crippen molar-refractivity contribution in [1.82, 2.24) is 10.6 Å². The van der Waals surface area contributed by atoms with Crippen LogP contribution in [-0.2, 0) is 4.79 Å². The van der Waals surface area contributed by atoms with E-state index in [-0.39, 0.29) is 11.9 Å². The number of fused-ring (bicyclic) bond motifs is 1. The number of benzene rings is 1. The molecule has 1 saturated heterocycles. The molecule has 3 aliphatic rings. The summed E-state index contributed by atoms with van der Waals surface area (Å²) >= 11 is 1.92. The number of carbonyl (C=O) groups is 1. The second-order valence-electron chi connectivity index (χ2n) is 6.72. The second-order valence-corrected chi connectivity index (χ2v) is 7.87. The lowest BCUT2D eigenvalue weighted by atomic mass is 10.0. The monoisotopic (exact) mass is 348 g/mol. The van der Waals surface area contributed by atoms with Gasteiger partial charge in [0.1, 0.15) is 13.2 Å². The highest BCUT2D eigenvalue weighted by atomic mass is 32.2. The Balaban J connectivity index is 1.43. The summed E-state index contributed by atoms with van der Waals surface area (Å²) in [6, 6.07) is 6.44. The minimum Gasteiger partial charge on any atom is -0.486 e. The van der Waals surface area contributed by atoms with Crippen molar-refractivity contribution in [2.24, 2.45) is 5.92 Å². The molecule has 1 aromatic rings. The third-order valence-corrected chi connectivity index (χ3v) is 5.90. The first kappa shape index (κ1) is 16.1. The summed E-state index contributed by atoms with van der Waals surface area (Å²) < 4.78 is 11.3. The molecule has 0 aromatic heterocycles. The highest BCUT2D eigenvalue weighted by Gasteiger charge is 2.34. The molecule has 2 aliphatic heterocycles. The Morgan fingerprint density at radius 2 is 2.12 bits per heavy atom. The summed E-state index contributed by atoms with van der Waals surface area (Å²) in [5.41, 5.74) is 1.13. The van der Waals surface area contributed by atoms with Crippen LogP contribution in [0.4, 0.5) is 0 Å². The van der Waals surface area contributed by atoms with Gasteiger partial charge in [0.15, 0.2) is 11.5 Å². The van der Waals surface area contributed by atoms with Gasteiger partial charge in [-0.3, -0.25) is 4.79 Å². The van der Waals surface area contributed by atoms with Gasteiger partial charge in [-0.25, -0.2) is 0 Å². The van der Waals surface area contributed by atoms with Crippen LogP contribution in [0.5, 0.6) is 11.5 Å². The molecule has 24 heavy (non-hydrogen) atoms. The molecule has 5 nitrogen and oxygen atoms in total. The molecule has 2 heterocycles. The van der Waals surface area contributed by atoms with Crippen LogP contribution < -0.4 is 20.1 Å². The molecule has 4 rings (SSSR count). The molecule has 2 fully saturated rings. The fourth-order valence-corrected chi connectivity index (χ4v) is 4.31. The molecule has 1 aliphatic carbocycles. The molecule has 1 aromatic carbocycles. The normalized spacial score (nSPS) is 24.2. The summed E-state index contributed by atoms with van der Waals surface area (Å²) in [5.74, 6) is 4.44. The third kappa shape index (κ3) is 3.81. The number of rotatable bonds is 5. The molecule has 1 amide bonds. The maximum absolute atomic E-state index is 12.5. The van der Waals surface area contributed by atoms with Crippen molar-refractivity contribution in [3.05, 3.63) is 23.8 Å². The van der Waals surface area contributed by atoms with Crippen LogP contribution in [0, 0.1) is 5.92 Å². The molecule has 0 bridgehead atoms. The molecule has 2 atom stereocenters. The molecule has 130 valence electrons. The molecule has 1 saturated carbocycles. The van der Waals surface area contributed by atoms with E-state index in [4.69, 9.17) is 9.47 Å². The Hall–Kier alpha value is -1.40. The summed E-state index contributed by atoms with van der Waals surface area (Å²) in [6.45, 7) is 2.18. The van der Waals surface area contributed by atoms with E-state index in [9.17, 15) is 4.79 Å². The van der Waals surface area contributed by atoms with Crippen LogP contribution in [0.2, 0.25) is 0 Å². The van der Waals surface area contributed by atoms with E-state index >= 15 is 0 Å². The minimum absolute atomic E-state index is 0.0876. The van der Waals surface area contributed by atoms with Crippen LogP contribution >= 0.6 is 11.8 Å². The first-order valence-electron chi connectivity index (χ1n) is 8.79. The van der Waals surface area contributed by atoms with Crippen LogP contribution in [0.1, 0.15) is 30.9 Å². The van der Waals surface area contributed by atoms with E-state index in [1.807, 2.05) is 23.9 Å². The van der Waals surface area contributed by atoms with E-state index in [0.29, 0.717) is 31.6 Å². The number of carbonyl (C=O) groups excluding carboxylic acids is 1. The maximum Gasteiger partial charge on any atom is 0.222 e. The van der Waals surface area contributed by atoms with Gasteiger partial charge in [-0.05, 0) is 36.5 Å². The summed E-state index contributed by atoms with van der Waals surface area (Å²) in [4.78, 5) is 12.5. The Kier molecular flexibility index (Phi) is 4.85. The van der Waals surface area contributed by atoms with Crippen molar-refractivity contribution in [2.45, 2.75) is 31.3 Å². The molecule has 2 N–H and O–H groups in total. The highest BCUT2D eigenvalue weighted by molar-refractivity contribution is 7.99. The first-order chi connectivity index (χ1) is 11.8. The summed E-state index contributed by atoms with van der Waals surface area (Å²) in [5, 5.41) is 6.70. The molecular formula is C18H24N2O3S. The van der Waals surface area contributed by atoms with Crippen molar-refractivity contribution in [3.8, 4) is 11.5 Å². The topological polar surface area (TPSA) is 59.6 Å². The van der Waals surface area contributed by atoms with Crippen LogP contribution in [0.25, 0.3) is 0 Å².